The molecule has 1 aliphatic rings. The SMILES string of the molecule is CC.Cc1ccncc1OC1CC1. The first-order chi connectivity index (χ1) is 6.36. The van der Waals surface area contributed by atoms with E-state index in [1.54, 1.807) is 12.4 Å². The second-order valence-electron chi connectivity index (χ2n) is 2.96. The summed E-state index contributed by atoms with van der Waals surface area (Å²) >= 11 is 0. The number of aryl methyl sites for hydroxylation is 1. The van der Waals surface area contributed by atoms with Gasteiger partial charge in [-0.15, -0.1) is 0 Å². The smallest absolute Gasteiger partial charge is 0.140 e. The van der Waals surface area contributed by atoms with E-state index >= 15 is 0 Å². The van der Waals surface area contributed by atoms with Gasteiger partial charge in [-0.25, -0.2) is 0 Å². The summed E-state index contributed by atoms with van der Waals surface area (Å²) in [5.74, 6) is 0.940. The van der Waals surface area contributed by atoms with Gasteiger partial charge in [0, 0.05) is 6.20 Å². The molecular formula is C11H17NO. The molecule has 72 valence electrons. The molecule has 2 nitrogen and oxygen atoms in total. The van der Waals surface area contributed by atoms with Crippen molar-refractivity contribution < 1.29 is 4.74 Å². The molecule has 13 heavy (non-hydrogen) atoms. The molecule has 1 saturated carbocycles. The third kappa shape index (κ3) is 3.05. The van der Waals surface area contributed by atoms with Crippen LogP contribution in [0.15, 0.2) is 18.5 Å². The lowest BCUT2D eigenvalue weighted by atomic mass is 10.3. The summed E-state index contributed by atoms with van der Waals surface area (Å²) in [4.78, 5) is 4.00. The minimum absolute atomic E-state index is 0.470. The Morgan fingerprint density at radius 3 is 2.62 bits per heavy atom. The Morgan fingerprint density at radius 1 is 1.38 bits per heavy atom. The van der Waals surface area contributed by atoms with Crippen LogP contribution in [0.3, 0.4) is 0 Å². The van der Waals surface area contributed by atoms with Crippen molar-refractivity contribution >= 4 is 0 Å². The first-order valence-corrected chi connectivity index (χ1v) is 4.93. The predicted octanol–water partition coefficient (Wildman–Crippen LogP) is 2.96. The molecule has 2 rings (SSSR count). The van der Waals surface area contributed by atoms with Crippen molar-refractivity contribution in [2.24, 2.45) is 0 Å². The number of pyridine rings is 1. The average molecular weight is 179 g/mol. The maximum Gasteiger partial charge on any atom is 0.140 e. The summed E-state index contributed by atoms with van der Waals surface area (Å²) in [6.07, 6.45) is 6.45. The average Bonchev–Trinajstić information content (AvgIpc) is 2.96. The highest BCUT2D eigenvalue weighted by molar-refractivity contribution is 5.28. The molecule has 0 N–H and O–H groups in total. The molecule has 0 aromatic carbocycles. The fourth-order valence-electron chi connectivity index (χ4n) is 0.938. The van der Waals surface area contributed by atoms with Crippen molar-refractivity contribution in [3.8, 4) is 5.75 Å². The highest BCUT2D eigenvalue weighted by atomic mass is 16.5. The maximum absolute atomic E-state index is 5.59. The number of hydrogen-bond donors (Lipinski definition) is 0. The first kappa shape index (κ1) is 10.0. The van der Waals surface area contributed by atoms with Crippen LogP contribution in [-0.4, -0.2) is 11.1 Å². The fourth-order valence-corrected chi connectivity index (χ4v) is 0.938. The van der Waals surface area contributed by atoms with Crippen molar-refractivity contribution in [2.45, 2.75) is 39.7 Å². The van der Waals surface area contributed by atoms with E-state index in [9.17, 15) is 0 Å². The van der Waals surface area contributed by atoms with Gasteiger partial charge >= 0.3 is 0 Å². The van der Waals surface area contributed by atoms with Crippen LogP contribution < -0.4 is 4.74 Å². The molecule has 1 aromatic heterocycles. The van der Waals surface area contributed by atoms with E-state index < -0.39 is 0 Å². The molecular weight excluding hydrogens is 162 g/mol. The quantitative estimate of drug-likeness (QED) is 0.696. The van der Waals surface area contributed by atoms with Crippen LogP contribution >= 0.6 is 0 Å². The van der Waals surface area contributed by atoms with Gasteiger partial charge in [0.2, 0.25) is 0 Å². The molecule has 0 bridgehead atoms. The van der Waals surface area contributed by atoms with Crippen molar-refractivity contribution in [2.75, 3.05) is 0 Å². The van der Waals surface area contributed by atoms with Gasteiger partial charge in [0.05, 0.1) is 12.3 Å². The van der Waals surface area contributed by atoms with Crippen LogP contribution in [0.2, 0.25) is 0 Å². The van der Waals surface area contributed by atoms with Gasteiger partial charge in [0.1, 0.15) is 5.75 Å². The van der Waals surface area contributed by atoms with Crippen LogP contribution in [0.1, 0.15) is 32.3 Å². The van der Waals surface area contributed by atoms with Crippen molar-refractivity contribution in [3.63, 3.8) is 0 Å². The Hall–Kier alpha value is -1.05. The summed E-state index contributed by atoms with van der Waals surface area (Å²) in [6, 6.07) is 1.97. The molecule has 1 aromatic rings. The number of ether oxygens (including phenoxy) is 1. The third-order valence-electron chi connectivity index (χ3n) is 1.81. The molecule has 2 heteroatoms. The van der Waals surface area contributed by atoms with E-state index in [0.717, 1.165) is 5.75 Å². The van der Waals surface area contributed by atoms with E-state index in [1.165, 1.54) is 18.4 Å². The van der Waals surface area contributed by atoms with Gasteiger partial charge in [-0.3, -0.25) is 4.98 Å². The minimum atomic E-state index is 0.470. The summed E-state index contributed by atoms with van der Waals surface area (Å²) in [7, 11) is 0. The number of hydrogen-bond acceptors (Lipinski definition) is 2. The predicted molar refractivity (Wildman–Crippen MR) is 54.0 cm³/mol. The molecule has 0 atom stereocenters. The molecule has 0 saturated heterocycles. The highest BCUT2D eigenvalue weighted by Gasteiger charge is 2.23. The van der Waals surface area contributed by atoms with Gasteiger partial charge < -0.3 is 4.74 Å². The Kier molecular flexibility index (Phi) is 3.74. The van der Waals surface area contributed by atoms with Crippen molar-refractivity contribution in [1.82, 2.24) is 4.98 Å². The summed E-state index contributed by atoms with van der Waals surface area (Å²) in [6.45, 7) is 6.04. The Labute approximate surface area is 80.0 Å². The van der Waals surface area contributed by atoms with E-state index in [0.29, 0.717) is 6.10 Å². The van der Waals surface area contributed by atoms with Gasteiger partial charge in [-0.2, -0.15) is 0 Å². The molecule has 0 spiro atoms. The third-order valence-corrected chi connectivity index (χ3v) is 1.81. The molecule has 1 fully saturated rings. The molecule has 1 heterocycles. The number of aromatic nitrogens is 1. The van der Waals surface area contributed by atoms with E-state index in [2.05, 4.69) is 4.98 Å². The Bertz CT molecular complexity index is 256. The van der Waals surface area contributed by atoms with Crippen LogP contribution in [0.4, 0.5) is 0 Å². The van der Waals surface area contributed by atoms with Crippen LogP contribution in [0, 0.1) is 6.92 Å². The van der Waals surface area contributed by atoms with Crippen molar-refractivity contribution in [1.29, 1.82) is 0 Å². The number of nitrogens with zero attached hydrogens (tertiary/aromatic N) is 1. The normalized spacial score (nSPS) is 14.4. The zero-order valence-electron chi connectivity index (χ0n) is 8.58. The lowest BCUT2D eigenvalue weighted by molar-refractivity contribution is 0.300. The highest BCUT2D eigenvalue weighted by Crippen LogP contribution is 2.27. The van der Waals surface area contributed by atoms with Gasteiger partial charge in [-0.1, -0.05) is 13.8 Å². The summed E-state index contributed by atoms with van der Waals surface area (Å²) in [5, 5.41) is 0. The second kappa shape index (κ2) is 4.85. The largest absolute Gasteiger partial charge is 0.489 e. The second-order valence-corrected chi connectivity index (χ2v) is 2.96. The number of rotatable bonds is 2. The summed E-state index contributed by atoms with van der Waals surface area (Å²) < 4.78 is 5.59. The zero-order chi connectivity index (χ0) is 9.68. The van der Waals surface area contributed by atoms with Gasteiger partial charge in [-0.05, 0) is 31.4 Å². The Morgan fingerprint density at radius 2 is 2.08 bits per heavy atom. The standard InChI is InChI=1S/C9H11NO.C2H6/c1-7-4-5-10-6-9(7)11-8-2-3-8;1-2/h4-6,8H,2-3H2,1H3;1-2H3. The van der Waals surface area contributed by atoms with Crippen molar-refractivity contribution in [3.05, 3.63) is 24.0 Å². The summed E-state index contributed by atoms with van der Waals surface area (Å²) in [5.41, 5.74) is 1.17. The lowest BCUT2D eigenvalue weighted by Crippen LogP contribution is -1.97. The lowest BCUT2D eigenvalue weighted by Gasteiger charge is -2.05. The van der Waals surface area contributed by atoms with Crippen LogP contribution in [-0.2, 0) is 0 Å². The van der Waals surface area contributed by atoms with Gasteiger partial charge in [0.25, 0.3) is 0 Å². The molecule has 0 unspecified atom stereocenters. The minimum Gasteiger partial charge on any atom is -0.489 e. The first-order valence-electron chi connectivity index (χ1n) is 4.93. The fraction of sp³-hybridized carbons (Fsp3) is 0.545. The Balaban J connectivity index is 0.000000396. The topological polar surface area (TPSA) is 22.1 Å². The van der Waals surface area contributed by atoms with E-state index in [4.69, 9.17) is 4.74 Å². The van der Waals surface area contributed by atoms with Crippen LogP contribution in [0.25, 0.3) is 0 Å². The zero-order valence-corrected chi connectivity index (χ0v) is 8.58. The molecule has 1 aliphatic carbocycles. The van der Waals surface area contributed by atoms with E-state index in [-0.39, 0.29) is 0 Å². The monoisotopic (exact) mass is 179 g/mol. The molecule has 0 aliphatic heterocycles. The molecule has 0 radical (unpaired) electrons. The molecule has 0 amide bonds. The maximum atomic E-state index is 5.59. The van der Waals surface area contributed by atoms with Crippen LogP contribution in [0.5, 0.6) is 5.75 Å². The van der Waals surface area contributed by atoms with Gasteiger partial charge in [0.15, 0.2) is 0 Å². The van der Waals surface area contributed by atoms with E-state index in [1.807, 2.05) is 26.8 Å².